The molecule has 50 heavy (non-hydrogen) atoms. The molecule has 1 aliphatic rings. The van der Waals surface area contributed by atoms with E-state index in [4.69, 9.17) is 4.74 Å². The minimum absolute atomic E-state index is 0.0333. The van der Waals surface area contributed by atoms with Crippen LogP contribution in [0.25, 0.3) is 21.9 Å². The lowest BCUT2D eigenvalue weighted by molar-refractivity contribution is 0.0604. The van der Waals surface area contributed by atoms with Gasteiger partial charge in [-0.1, -0.05) is 115 Å². The van der Waals surface area contributed by atoms with Crippen LogP contribution in [0.2, 0.25) is 0 Å². The molecule has 1 amide bonds. The highest BCUT2D eigenvalue weighted by Crippen LogP contribution is 2.39. The van der Waals surface area contributed by atoms with Crippen molar-refractivity contribution in [2.24, 2.45) is 0 Å². The van der Waals surface area contributed by atoms with Crippen LogP contribution < -0.4 is 9.62 Å². The summed E-state index contributed by atoms with van der Waals surface area (Å²) >= 11 is 0. The Kier molecular flexibility index (Phi) is 11.0. The second-order valence-corrected chi connectivity index (χ2v) is 15.2. The van der Waals surface area contributed by atoms with Gasteiger partial charge in [-0.15, -0.1) is 0 Å². The highest BCUT2D eigenvalue weighted by Gasteiger charge is 2.33. The summed E-state index contributed by atoms with van der Waals surface area (Å²) in [5.74, 6) is 0. The Morgan fingerprint density at radius 2 is 1.36 bits per heavy atom. The maximum Gasteiger partial charge on any atom is 0.409 e. The second kappa shape index (κ2) is 15.8. The van der Waals surface area contributed by atoms with E-state index in [1.807, 2.05) is 110 Å². The number of sulfonamides is 1. The molecule has 0 saturated carbocycles. The molecule has 1 N–H and O–H groups in total. The lowest BCUT2D eigenvalue weighted by Gasteiger charge is -2.33. The van der Waals surface area contributed by atoms with Crippen molar-refractivity contribution in [2.45, 2.75) is 44.1 Å². The molecule has 1 atom stereocenters. The third kappa shape index (κ3) is 8.29. The number of amides is 1. The maximum atomic E-state index is 14.0. The van der Waals surface area contributed by atoms with E-state index in [9.17, 15) is 13.2 Å². The number of nitrogens with zero attached hydrogens (tertiary/aromatic N) is 3. The van der Waals surface area contributed by atoms with Gasteiger partial charge in [0.15, 0.2) is 0 Å². The van der Waals surface area contributed by atoms with Gasteiger partial charge < -0.3 is 14.5 Å². The molecular weight excluding hydrogens is 645 g/mol. The quantitative estimate of drug-likeness (QED) is 0.143. The highest BCUT2D eigenvalue weighted by atomic mass is 32.2. The minimum atomic E-state index is -3.79. The van der Waals surface area contributed by atoms with Crippen LogP contribution in [0.4, 0.5) is 16.2 Å². The number of anilines is 2. The summed E-state index contributed by atoms with van der Waals surface area (Å²) in [6.45, 7) is 4.37. The number of rotatable bonds is 12. The molecule has 0 aliphatic carbocycles. The second-order valence-electron chi connectivity index (χ2n) is 13.3. The summed E-state index contributed by atoms with van der Waals surface area (Å²) in [5, 5.41) is 1.16. The first kappa shape index (κ1) is 35.0. The molecule has 9 heteroatoms. The van der Waals surface area contributed by atoms with Crippen molar-refractivity contribution in [3.8, 4) is 11.1 Å². The van der Waals surface area contributed by atoms with Crippen LogP contribution in [0, 0.1) is 0 Å². The number of nitrogens with one attached hydrogen (secondary N) is 1. The summed E-state index contributed by atoms with van der Waals surface area (Å²) in [6.07, 6.45) is 0.238. The first-order chi connectivity index (χ1) is 24.2. The van der Waals surface area contributed by atoms with Gasteiger partial charge in [0.05, 0.1) is 10.9 Å². The topological polar surface area (TPSA) is 82.2 Å². The molecule has 0 radical (unpaired) electrons. The molecule has 0 spiro atoms. The number of carbonyl (C=O) groups excluding carboxylic acids is 1. The number of benzene rings is 5. The van der Waals surface area contributed by atoms with Crippen LogP contribution >= 0.6 is 0 Å². The van der Waals surface area contributed by atoms with Crippen molar-refractivity contribution in [1.29, 1.82) is 0 Å². The zero-order valence-electron chi connectivity index (χ0n) is 29.0. The summed E-state index contributed by atoms with van der Waals surface area (Å²) < 4.78 is 36.9. The fraction of sp³-hybridized carbons (Fsp3) is 0.293. The van der Waals surface area contributed by atoms with Crippen LogP contribution in [0.15, 0.2) is 121 Å². The summed E-state index contributed by atoms with van der Waals surface area (Å²) in [4.78, 5) is 19.2. The summed E-state index contributed by atoms with van der Waals surface area (Å²) in [5.41, 5.74) is 5.71. The minimum Gasteiger partial charge on any atom is -0.448 e. The maximum absolute atomic E-state index is 14.0. The van der Waals surface area contributed by atoms with Gasteiger partial charge in [-0.25, -0.2) is 13.2 Å². The summed E-state index contributed by atoms with van der Waals surface area (Å²) in [7, 11) is 0.175. The summed E-state index contributed by atoms with van der Waals surface area (Å²) in [6, 6.07) is 40.4. The molecular formula is C41H46N4O4S. The van der Waals surface area contributed by atoms with Crippen LogP contribution in [-0.4, -0.2) is 69.4 Å². The van der Waals surface area contributed by atoms with Crippen molar-refractivity contribution in [2.75, 3.05) is 43.4 Å². The monoisotopic (exact) mass is 690 g/mol. The number of hydrogen-bond donors (Lipinski definition) is 1. The van der Waals surface area contributed by atoms with E-state index < -0.39 is 21.4 Å². The van der Waals surface area contributed by atoms with Gasteiger partial charge in [-0.05, 0) is 42.5 Å². The van der Waals surface area contributed by atoms with Gasteiger partial charge in [-0.3, -0.25) is 9.62 Å². The van der Waals surface area contributed by atoms with Gasteiger partial charge in [-0.2, -0.15) is 0 Å². The average Bonchev–Trinajstić information content (AvgIpc) is 3.14. The number of hydrogen-bond acceptors (Lipinski definition) is 6. The van der Waals surface area contributed by atoms with E-state index in [2.05, 4.69) is 46.9 Å². The Balaban J connectivity index is 1.11. The molecule has 6 rings (SSSR count). The van der Waals surface area contributed by atoms with E-state index in [-0.39, 0.29) is 12.6 Å². The SMILES string of the molecule is C[C@@H](COC(=O)N1CCC(S(=O)(=O)Nc2c(-c3ccccc3)ccc3c(N(C)C)cccc23)CC1)N(Cc1ccccc1)Cc1ccccc1. The van der Waals surface area contributed by atoms with Crippen LogP contribution in [0.5, 0.6) is 0 Å². The van der Waals surface area contributed by atoms with Crippen molar-refractivity contribution in [3.05, 3.63) is 132 Å². The van der Waals surface area contributed by atoms with Crippen molar-refractivity contribution < 1.29 is 17.9 Å². The zero-order valence-corrected chi connectivity index (χ0v) is 29.9. The molecule has 5 aromatic carbocycles. The molecule has 0 unspecified atom stereocenters. The molecule has 1 aliphatic heterocycles. The van der Waals surface area contributed by atoms with Gasteiger partial charge in [0.25, 0.3) is 0 Å². The standard InChI is InChI=1S/C41H46N4O4S/c1-31(45(28-32-14-7-4-8-15-32)29-33-16-9-5-10-17-33)30-49-41(46)44-26-24-35(25-27-44)50(47,48)42-40-36(34-18-11-6-12-19-34)22-23-37-38(40)20-13-21-39(37)43(2)3/h4-23,31,35,42H,24-30H2,1-3H3/t31-/m0/s1. The Labute approximate surface area is 296 Å². The molecule has 0 aromatic heterocycles. The number of piperidine rings is 1. The fourth-order valence-corrected chi connectivity index (χ4v) is 8.17. The third-order valence-corrected chi connectivity index (χ3v) is 11.4. The lowest BCUT2D eigenvalue weighted by Crippen LogP contribution is -2.45. The molecule has 8 nitrogen and oxygen atoms in total. The first-order valence-electron chi connectivity index (χ1n) is 17.2. The third-order valence-electron chi connectivity index (χ3n) is 9.52. The Morgan fingerprint density at radius 1 is 0.780 bits per heavy atom. The first-order valence-corrected chi connectivity index (χ1v) is 18.8. The average molecular weight is 691 g/mol. The molecule has 260 valence electrons. The van der Waals surface area contributed by atoms with E-state index in [1.165, 1.54) is 11.1 Å². The molecule has 1 fully saturated rings. The fourth-order valence-electron chi connectivity index (χ4n) is 6.67. The number of carbonyl (C=O) groups is 1. The van der Waals surface area contributed by atoms with Crippen molar-refractivity contribution in [3.63, 3.8) is 0 Å². The van der Waals surface area contributed by atoms with Crippen molar-refractivity contribution in [1.82, 2.24) is 9.80 Å². The van der Waals surface area contributed by atoms with E-state index >= 15 is 0 Å². The predicted octanol–water partition coefficient (Wildman–Crippen LogP) is 8.01. The normalized spacial score (nSPS) is 14.4. The molecule has 1 saturated heterocycles. The van der Waals surface area contributed by atoms with Gasteiger partial charge in [0, 0.05) is 68.3 Å². The van der Waals surface area contributed by atoms with Gasteiger partial charge in [0.1, 0.15) is 6.61 Å². The number of fused-ring (bicyclic) bond motifs is 1. The van der Waals surface area contributed by atoms with Crippen LogP contribution in [0.1, 0.15) is 30.9 Å². The molecule has 1 heterocycles. The Morgan fingerprint density at radius 3 is 1.94 bits per heavy atom. The largest absolute Gasteiger partial charge is 0.448 e. The molecule has 5 aromatic rings. The van der Waals surface area contributed by atoms with Crippen LogP contribution in [-0.2, 0) is 27.8 Å². The van der Waals surface area contributed by atoms with Gasteiger partial charge in [0.2, 0.25) is 10.0 Å². The van der Waals surface area contributed by atoms with Gasteiger partial charge >= 0.3 is 6.09 Å². The van der Waals surface area contributed by atoms with E-state index in [0.717, 1.165) is 40.7 Å². The van der Waals surface area contributed by atoms with E-state index in [0.29, 0.717) is 31.6 Å². The Hall–Kier alpha value is -4.86. The zero-order chi connectivity index (χ0) is 35.1. The highest BCUT2D eigenvalue weighted by molar-refractivity contribution is 7.93. The number of ether oxygens (including phenoxy) is 1. The van der Waals surface area contributed by atoms with E-state index in [1.54, 1.807) is 4.90 Å². The smallest absolute Gasteiger partial charge is 0.409 e. The predicted molar refractivity (Wildman–Crippen MR) is 204 cm³/mol. The molecule has 0 bridgehead atoms. The van der Waals surface area contributed by atoms with Crippen molar-refractivity contribution >= 4 is 38.3 Å². The number of likely N-dealkylation sites (tertiary alicyclic amines) is 1. The Bertz CT molecular complexity index is 1940. The lowest BCUT2D eigenvalue weighted by atomic mass is 9.98. The van der Waals surface area contributed by atoms with Crippen LogP contribution in [0.3, 0.4) is 0 Å².